The van der Waals surface area contributed by atoms with Crippen molar-refractivity contribution in [3.63, 3.8) is 0 Å². The van der Waals surface area contributed by atoms with Crippen LogP contribution in [0.5, 0.6) is 0 Å². The van der Waals surface area contributed by atoms with Gasteiger partial charge in [-0.05, 0) is 13.3 Å². The number of urea groups is 1. The maximum absolute atomic E-state index is 12.2. The Morgan fingerprint density at radius 1 is 1.58 bits per heavy atom. The minimum atomic E-state index is -0.923. The van der Waals surface area contributed by atoms with E-state index in [0.717, 1.165) is 6.42 Å². The third-order valence-electron chi connectivity index (χ3n) is 3.20. The highest BCUT2D eigenvalue weighted by Gasteiger charge is 2.39. The number of hydrogen-bond donors (Lipinski definition) is 2. The smallest absolute Gasteiger partial charge is 0.318 e. The molecule has 0 bridgehead atoms. The molecule has 1 saturated heterocycles. The molecule has 0 radical (unpaired) electrons. The Balaban J connectivity index is 2.78. The van der Waals surface area contributed by atoms with Crippen LogP contribution in [0.1, 0.15) is 20.3 Å². The van der Waals surface area contributed by atoms with Crippen LogP contribution >= 0.6 is 0 Å². The summed E-state index contributed by atoms with van der Waals surface area (Å²) in [5, 5.41) is 11.9. The van der Waals surface area contributed by atoms with Gasteiger partial charge in [-0.2, -0.15) is 0 Å². The number of nitrogens with zero attached hydrogens (tertiary/aromatic N) is 1. The topological polar surface area (TPSA) is 78.9 Å². The molecule has 0 aromatic carbocycles. The van der Waals surface area contributed by atoms with Crippen molar-refractivity contribution in [3.8, 4) is 0 Å². The second-order valence-corrected chi connectivity index (χ2v) is 4.72. The number of nitrogens with one attached hydrogen (secondary N) is 1. The normalized spacial score (nSPS) is 23.7. The van der Waals surface area contributed by atoms with Crippen LogP contribution in [0.2, 0.25) is 0 Å². The van der Waals surface area contributed by atoms with Crippen LogP contribution < -0.4 is 5.32 Å². The number of carboxylic acid groups (broad SMARTS) is 1. The van der Waals surface area contributed by atoms with E-state index in [1.54, 1.807) is 11.0 Å². The van der Waals surface area contributed by atoms with E-state index in [9.17, 15) is 9.59 Å². The molecule has 1 fully saturated rings. The molecule has 2 N–H and O–H groups in total. The van der Waals surface area contributed by atoms with E-state index < -0.39 is 17.9 Å². The lowest BCUT2D eigenvalue weighted by Crippen LogP contribution is -2.52. The summed E-state index contributed by atoms with van der Waals surface area (Å²) in [5.74, 6) is -1.58. The van der Waals surface area contributed by atoms with Crippen molar-refractivity contribution in [2.45, 2.75) is 32.4 Å². The van der Waals surface area contributed by atoms with E-state index in [1.807, 2.05) is 13.8 Å². The molecular weight excluding hydrogens is 248 g/mol. The van der Waals surface area contributed by atoms with Gasteiger partial charge in [0.1, 0.15) is 5.92 Å². The molecular formula is C13H22N2O4. The Hall–Kier alpha value is -1.56. The Kier molecular flexibility index (Phi) is 5.82. The first-order valence-electron chi connectivity index (χ1n) is 6.51. The third-order valence-corrected chi connectivity index (χ3v) is 3.20. The van der Waals surface area contributed by atoms with Gasteiger partial charge in [0.25, 0.3) is 0 Å². The number of hydrogen-bond acceptors (Lipinski definition) is 3. The number of carbonyl (C=O) groups excluding carboxylic acids is 1. The zero-order valence-corrected chi connectivity index (χ0v) is 11.5. The molecule has 0 spiro atoms. The van der Waals surface area contributed by atoms with Gasteiger partial charge in [-0.25, -0.2) is 4.79 Å². The molecule has 1 rings (SSSR count). The van der Waals surface area contributed by atoms with Crippen LogP contribution in [0.25, 0.3) is 0 Å². The summed E-state index contributed by atoms with van der Waals surface area (Å²) in [5.41, 5.74) is 0. The van der Waals surface area contributed by atoms with E-state index >= 15 is 0 Å². The summed E-state index contributed by atoms with van der Waals surface area (Å²) in [7, 11) is 0. The summed E-state index contributed by atoms with van der Waals surface area (Å²) in [6.07, 6.45) is 2.39. The molecule has 1 heterocycles. The Bertz CT molecular complexity index is 346. The van der Waals surface area contributed by atoms with Gasteiger partial charge >= 0.3 is 12.0 Å². The van der Waals surface area contributed by atoms with Crippen LogP contribution in [-0.2, 0) is 9.53 Å². The number of carbonyl (C=O) groups is 2. The van der Waals surface area contributed by atoms with Crippen LogP contribution in [0.15, 0.2) is 12.7 Å². The van der Waals surface area contributed by atoms with Gasteiger partial charge in [0, 0.05) is 12.6 Å². The van der Waals surface area contributed by atoms with Crippen LogP contribution in [-0.4, -0.2) is 53.8 Å². The molecule has 19 heavy (non-hydrogen) atoms. The van der Waals surface area contributed by atoms with E-state index in [1.165, 1.54) is 0 Å². The number of aliphatic carboxylic acids is 1. The Morgan fingerprint density at radius 2 is 2.26 bits per heavy atom. The molecule has 0 aromatic heterocycles. The number of amides is 2. The minimum absolute atomic E-state index is 0.155. The minimum Gasteiger partial charge on any atom is -0.481 e. The van der Waals surface area contributed by atoms with E-state index in [-0.39, 0.29) is 25.3 Å². The summed E-state index contributed by atoms with van der Waals surface area (Å²) in [6, 6.07) is -0.831. The highest BCUT2D eigenvalue weighted by Crippen LogP contribution is 2.20. The van der Waals surface area contributed by atoms with Gasteiger partial charge in [-0.3, -0.25) is 4.79 Å². The van der Waals surface area contributed by atoms with E-state index in [4.69, 9.17) is 9.84 Å². The van der Waals surface area contributed by atoms with Crippen LogP contribution in [0.3, 0.4) is 0 Å². The Morgan fingerprint density at radius 3 is 2.79 bits per heavy atom. The second-order valence-electron chi connectivity index (χ2n) is 4.72. The first-order chi connectivity index (χ1) is 9.01. The number of ether oxygens (including phenoxy) is 1. The lowest BCUT2D eigenvalue weighted by Gasteiger charge is -2.31. The zero-order chi connectivity index (χ0) is 14.4. The van der Waals surface area contributed by atoms with Crippen molar-refractivity contribution in [1.82, 2.24) is 10.2 Å². The number of carboxylic acids is 1. The van der Waals surface area contributed by atoms with Crippen molar-refractivity contribution < 1.29 is 19.4 Å². The first-order valence-corrected chi connectivity index (χ1v) is 6.51. The molecule has 108 valence electrons. The van der Waals surface area contributed by atoms with E-state index in [2.05, 4.69) is 11.9 Å². The van der Waals surface area contributed by atoms with Gasteiger partial charge < -0.3 is 20.1 Å². The van der Waals surface area contributed by atoms with Crippen LogP contribution in [0, 0.1) is 5.92 Å². The number of rotatable bonds is 6. The van der Waals surface area contributed by atoms with Gasteiger partial charge in [-0.1, -0.05) is 13.0 Å². The zero-order valence-electron chi connectivity index (χ0n) is 11.5. The first kappa shape index (κ1) is 15.5. The summed E-state index contributed by atoms with van der Waals surface area (Å²) in [4.78, 5) is 24.9. The molecule has 1 aliphatic rings. The van der Waals surface area contributed by atoms with Gasteiger partial charge in [0.05, 0.1) is 19.3 Å². The molecule has 3 unspecified atom stereocenters. The maximum Gasteiger partial charge on any atom is 0.318 e. The van der Waals surface area contributed by atoms with Crippen molar-refractivity contribution >= 4 is 12.0 Å². The fraction of sp³-hybridized carbons (Fsp3) is 0.692. The SMILES string of the molecule is C=CC(C)NC(=O)N(CCC)C1COCC1C(=O)O. The summed E-state index contributed by atoms with van der Waals surface area (Å²) < 4.78 is 5.22. The maximum atomic E-state index is 12.2. The lowest BCUT2D eigenvalue weighted by molar-refractivity contribution is -0.142. The predicted octanol–water partition coefficient (Wildman–Crippen LogP) is 1.08. The average Bonchev–Trinajstić information content (AvgIpc) is 2.84. The molecule has 0 aromatic rings. The summed E-state index contributed by atoms with van der Waals surface area (Å²) in [6.45, 7) is 8.30. The molecule has 0 aliphatic carbocycles. The highest BCUT2D eigenvalue weighted by atomic mass is 16.5. The molecule has 6 nitrogen and oxygen atoms in total. The average molecular weight is 270 g/mol. The molecule has 1 aliphatic heterocycles. The molecule has 3 atom stereocenters. The molecule has 2 amide bonds. The fourth-order valence-corrected chi connectivity index (χ4v) is 2.08. The highest BCUT2D eigenvalue weighted by molar-refractivity contribution is 5.77. The predicted molar refractivity (Wildman–Crippen MR) is 70.9 cm³/mol. The van der Waals surface area contributed by atoms with Crippen molar-refractivity contribution in [3.05, 3.63) is 12.7 Å². The van der Waals surface area contributed by atoms with Gasteiger partial charge in [0.15, 0.2) is 0 Å². The summed E-state index contributed by atoms with van der Waals surface area (Å²) >= 11 is 0. The molecule has 0 saturated carbocycles. The van der Waals surface area contributed by atoms with Crippen molar-refractivity contribution in [2.24, 2.45) is 5.92 Å². The quantitative estimate of drug-likeness (QED) is 0.708. The standard InChI is InChI=1S/C13H22N2O4/c1-4-6-15(13(18)14-9(3)5-2)11-8-19-7-10(11)12(16)17/h5,9-11H,2,4,6-8H2,1,3H3,(H,14,18)(H,16,17). The van der Waals surface area contributed by atoms with Crippen LogP contribution in [0.4, 0.5) is 4.79 Å². The van der Waals surface area contributed by atoms with Crippen molar-refractivity contribution in [2.75, 3.05) is 19.8 Å². The lowest BCUT2D eigenvalue weighted by atomic mass is 10.0. The fourth-order valence-electron chi connectivity index (χ4n) is 2.08. The molecule has 6 heteroatoms. The van der Waals surface area contributed by atoms with Gasteiger partial charge in [-0.15, -0.1) is 6.58 Å². The second kappa shape index (κ2) is 7.13. The third kappa shape index (κ3) is 3.96. The largest absolute Gasteiger partial charge is 0.481 e. The Labute approximate surface area is 113 Å². The van der Waals surface area contributed by atoms with E-state index in [0.29, 0.717) is 6.54 Å². The monoisotopic (exact) mass is 270 g/mol. The van der Waals surface area contributed by atoms with Crippen molar-refractivity contribution in [1.29, 1.82) is 0 Å². The van der Waals surface area contributed by atoms with Gasteiger partial charge in [0.2, 0.25) is 0 Å².